The minimum atomic E-state index is -4.58. The quantitative estimate of drug-likeness (QED) is 0.669. The second-order valence-corrected chi connectivity index (χ2v) is 7.65. The molecule has 0 aliphatic carbocycles. The van der Waals surface area contributed by atoms with Gasteiger partial charge in [-0.05, 0) is 49.1 Å². The highest BCUT2D eigenvalue weighted by Crippen LogP contribution is 2.32. The van der Waals surface area contributed by atoms with Gasteiger partial charge in [0.1, 0.15) is 5.82 Å². The third kappa shape index (κ3) is 5.63. The molecule has 0 saturated carbocycles. The van der Waals surface area contributed by atoms with Crippen molar-refractivity contribution in [1.29, 1.82) is 0 Å². The van der Waals surface area contributed by atoms with Crippen molar-refractivity contribution in [3.63, 3.8) is 0 Å². The van der Waals surface area contributed by atoms with Crippen LogP contribution in [0.5, 0.6) is 0 Å². The Morgan fingerprint density at radius 1 is 1.10 bits per heavy atom. The van der Waals surface area contributed by atoms with Crippen molar-refractivity contribution in [1.82, 2.24) is 4.98 Å². The molecular formula is C20H23F3N4OS. The first-order valence-electron chi connectivity index (χ1n) is 9.49. The minimum Gasteiger partial charge on any atom is -0.356 e. The van der Waals surface area contributed by atoms with Crippen molar-refractivity contribution in [2.75, 3.05) is 23.3 Å². The lowest BCUT2D eigenvalue weighted by molar-refractivity contribution is -0.137. The van der Waals surface area contributed by atoms with Crippen LogP contribution in [-0.4, -0.2) is 24.0 Å². The topological polar surface area (TPSA) is 71.2 Å². The van der Waals surface area contributed by atoms with Crippen molar-refractivity contribution in [3.8, 4) is 0 Å². The highest BCUT2D eigenvalue weighted by Gasteiger charge is 2.33. The summed E-state index contributed by atoms with van der Waals surface area (Å²) >= 11 is 1.02. The molecule has 3 N–H and O–H groups in total. The molecule has 0 atom stereocenters. The first-order valence-corrected chi connectivity index (χ1v) is 10.4. The van der Waals surface area contributed by atoms with E-state index in [4.69, 9.17) is 5.14 Å². The number of halogens is 3. The second kappa shape index (κ2) is 9.49. The molecule has 0 radical (unpaired) electrons. The van der Waals surface area contributed by atoms with E-state index in [1.807, 2.05) is 4.90 Å². The minimum absolute atomic E-state index is 0.0776. The highest BCUT2D eigenvalue weighted by molar-refractivity contribution is 7.97. The summed E-state index contributed by atoms with van der Waals surface area (Å²) in [5, 5.41) is 8.22. The van der Waals surface area contributed by atoms with Gasteiger partial charge in [0.2, 0.25) is 0 Å². The van der Waals surface area contributed by atoms with Crippen LogP contribution >= 0.6 is 11.9 Å². The Kier molecular flexibility index (Phi) is 7.02. The zero-order chi connectivity index (χ0) is 20.9. The Labute approximate surface area is 172 Å². The predicted octanol–water partition coefficient (Wildman–Crippen LogP) is 5.09. The normalized spacial score (nSPS) is 15.5. The van der Waals surface area contributed by atoms with Gasteiger partial charge in [0.25, 0.3) is 5.91 Å². The molecular weight excluding hydrogens is 401 g/mol. The Bertz CT molecular complexity index is 852. The van der Waals surface area contributed by atoms with E-state index in [0.717, 1.165) is 61.2 Å². The van der Waals surface area contributed by atoms with Gasteiger partial charge in [-0.3, -0.25) is 9.93 Å². The number of nitrogens with one attached hydrogen (secondary N) is 1. The molecule has 29 heavy (non-hydrogen) atoms. The van der Waals surface area contributed by atoms with Crippen LogP contribution < -0.4 is 15.4 Å². The van der Waals surface area contributed by atoms with E-state index in [-0.39, 0.29) is 5.56 Å². The average molecular weight is 424 g/mol. The third-order valence-electron chi connectivity index (χ3n) is 4.82. The number of carbonyl (C=O) groups is 1. The van der Waals surface area contributed by atoms with Gasteiger partial charge >= 0.3 is 6.18 Å². The zero-order valence-electron chi connectivity index (χ0n) is 15.8. The van der Waals surface area contributed by atoms with Crippen molar-refractivity contribution < 1.29 is 18.0 Å². The molecule has 1 fully saturated rings. The lowest BCUT2D eigenvalue weighted by Gasteiger charge is -2.27. The lowest BCUT2D eigenvalue weighted by atomic mass is 10.1. The first kappa shape index (κ1) is 21.4. The van der Waals surface area contributed by atoms with Crippen LogP contribution in [0.2, 0.25) is 0 Å². The molecule has 1 aliphatic rings. The largest absolute Gasteiger partial charge is 0.417 e. The summed E-state index contributed by atoms with van der Waals surface area (Å²) < 4.78 is 39.7. The number of benzene rings is 1. The summed E-state index contributed by atoms with van der Waals surface area (Å²) in [5.74, 6) is -0.332. The van der Waals surface area contributed by atoms with Crippen molar-refractivity contribution in [3.05, 3.63) is 47.7 Å². The van der Waals surface area contributed by atoms with Gasteiger partial charge in [0, 0.05) is 29.9 Å². The number of rotatable bonds is 4. The molecule has 0 unspecified atom stereocenters. The first-order chi connectivity index (χ1) is 13.9. The summed E-state index contributed by atoms with van der Waals surface area (Å²) in [6.07, 6.45) is 1.32. The summed E-state index contributed by atoms with van der Waals surface area (Å²) in [7, 11) is 0. The fraction of sp³-hybridized carbons (Fsp3) is 0.400. The number of nitrogens with two attached hydrogens (primary N) is 1. The highest BCUT2D eigenvalue weighted by atomic mass is 32.2. The van der Waals surface area contributed by atoms with E-state index in [1.54, 1.807) is 24.3 Å². The summed E-state index contributed by atoms with van der Waals surface area (Å²) in [5.41, 5.74) is -0.558. The Morgan fingerprint density at radius 3 is 2.45 bits per heavy atom. The molecule has 1 aliphatic heterocycles. The van der Waals surface area contributed by atoms with Crippen LogP contribution in [0.1, 0.15) is 48.0 Å². The Hall–Kier alpha value is -2.26. The van der Waals surface area contributed by atoms with Gasteiger partial charge in [-0.1, -0.05) is 25.3 Å². The number of anilines is 2. The maximum absolute atomic E-state index is 13.2. The van der Waals surface area contributed by atoms with E-state index in [2.05, 4.69) is 10.3 Å². The standard InChI is InChI=1S/C20H23F3N4OS/c21-20(22,23)14-11-17(19(28)26-15-7-6-8-16(12-15)29-24)18(25-13-14)27-9-4-2-1-3-5-10-27/h6-8,11-13H,1-5,9-10,24H2,(H,26,28). The Morgan fingerprint density at radius 2 is 1.79 bits per heavy atom. The molecule has 9 heteroatoms. The van der Waals surface area contributed by atoms with Gasteiger partial charge < -0.3 is 10.2 Å². The third-order valence-corrected chi connectivity index (χ3v) is 5.35. The monoisotopic (exact) mass is 424 g/mol. The smallest absolute Gasteiger partial charge is 0.356 e. The summed E-state index contributed by atoms with van der Waals surface area (Å²) in [6.45, 7) is 1.33. The zero-order valence-corrected chi connectivity index (χ0v) is 16.7. The van der Waals surface area contributed by atoms with Crippen LogP contribution in [0.25, 0.3) is 0 Å². The molecule has 1 aromatic heterocycles. The van der Waals surface area contributed by atoms with E-state index >= 15 is 0 Å². The van der Waals surface area contributed by atoms with Crippen LogP contribution in [0.3, 0.4) is 0 Å². The average Bonchev–Trinajstić information content (AvgIpc) is 2.67. The molecule has 0 spiro atoms. The SMILES string of the molecule is NSc1cccc(NC(=O)c2cc(C(F)(F)F)cnc2N2CCCCCCC2)c1. The molecule has 2 heterocycles. The van der Waals surface area contributed by atoms with Crippen molar-refractivity contribution in [2.45, 2.75) is 43.2 Å². The lowest BCUT2D eigenvalue weighted by Crippen LogP contribution is -2.31. The number of carbonyl (C=O) groups excluding carboxylic acids is 1. The van der Waals surface area contributed by atoms with Gasteiger partial charge in [-0.15, -0.1) is 0 Å². The number of nitrogens with zero attached hydrogens (tertiary/aromatic N) is 2. The molecule has 1 aromatic carbocycles. The molecule has 0 bridgehead atoms. The number of amides is 1. The van der Waals surface area contributed by atoms with Crippen LogP contribution in [-0.2, 0) is 6.18 Å². The molecule has 2 aromatic rings. The van der Waals surface area contributed by atoms with Gasteiger partial charge in [-0.25, -0.2) is 4.98 Å². The van der Waals surface area contributed by atoms with Gasteiger partial charge in [-0.2, -0.15) is 13.2 Å². The second-order valence-electron chi connectivity index (χ2n) is 6.95. The number of hydrogen-bond acceptors (Lipinski definition) is 5. The number of aromatic nitrogens is 1. The predicted molar refractivity (Wildman–Crippen MR) is 109 cm³/mol. The van der Waals surface area contributed by atoms with Crippen LogP contribution in [0.15, 0.2) is 41.4 Å². The molecule has 3 rings (SSSR count). The fourth-order valence-corrected chi connectivity index (χ4v) is 3.69. The van der Waals surface area contributed by atoms with E-state index in [0.29, 0.717) is 24.6 Å². The molecule has 156 valence electrons. The molecule has 5 nitrogen and oxygen atoms in total. The van der Waals surface area contributed by atoms with E-state index in [9.17, 15) is 18.0 Å². The van der Waals surface area contributed by atoms with E-state index < -0.39 is 17.6 Å². The van der Waals surface area contributed by atoms with E-state index in [1.165, 1.54) is 0 Å². The summed E-state index contributed by atoms with van der Waals surface area (Å²) in [6, 6.07) is 7.71. The van der Waals surface area contributed by atoms with Gasteiger partial charge in [0.15, 0.2) is 0 Å². The number of alkyl halides is 3. The van der Waals surface area contributed by atoms with Crippen LogP contribution in [0, 0.1) is 0 Å². The maximum Gasteiger partial charge on any atom is 0.417 e. The number of hydrogen-bond donors (Lipinski definition) is 2. The summed E-state index contributed by atoms with van der Waals surface area (Å²) in [4.78, 5) is 19.6. The van der Waals surface area contributed by atoms with Crippen molar-refractivity contribution in [2.24, 2.45) is 5.14 Å². The molecule has 1 saturated heterocycles. The molecule has 1 amide bonds. The van der Waals surface area contributed by atoms with Gasteiger partial charge in [0.05, 0.1) is 11.1 Å². The van der Waals surface area contributed by atoms with Crippen LogP contribution in [0.4, 0.5) is 24.7 Å². The van der Waals surface area contributed by atoms with Crippen molar-refractivity contribution >= 4 is 29.4 Å². The fourth-order valence-electron chi connectivity index (χ4n) is 3.34. The Balaban J connectivity index is 1.94. The maximum atomic E-state index is 13.2. The number of pyridine rings is 1.